The third-order valence-electron chi connectivity index (χ3n) is 5.50. The van der Waals surface area contributed by atoms with Crippen molar-refractivity contribution in [1.29, 1.82) is 0 Å². The van der Waals surface area contributed by atoms with Gasteiger partial charge >= 0.3 is 0 Å². The molecule has 5 rings (SSSR count). The molecule has 1 aliphatic heterocycles. The fraction of sp³-hybridized carbons (Fsp3) is 0.273. The number of nitrogens with zero attached hydrogens (tertiary/aromatic N) is 5. The van der Waals surface area contributed by atoms with E-state index in [1.54, 1.807) is 6.07 Å². The van der Waals surface area contributed by atoms with Gasteiger partial charge in [0.2, 0.25) is 5.95 Å². The topological polar surface area (TPSA) is 80.6 Å². The van der Waals surface area contributed by atoms with Gasteiger partial charge in [0.05, 0.1) is 18.3 Å². The van der Waals surface area contributed by atoms with Crippen LogP contribution in [0.4, 0.5) is 29.3 Å². The lowest BCUT2D eigenvalue weighted by molar-refractivity contribution is 0.127. The first kappa shape index (κ1) is 21.3. The van der Waals surface area contributed by atoms with Crippen molar-refractivity contribution in [2.24, 2.45) is 0 Å². The Hall–Kier alpha value is -3.60. The van der Waals surface area contributed by atoms with Crippen molar-refractivity contribution >= 4 is 22.8 Å². The number of anilines is 2. The van der Waals surface area contributed by atoms with E-state index in [-0.39, 0.29) is 34.1 Å². The predicted octanol–water partition coefficient (Wildman–Crippen LogP) is 4.13. The molecule has 0 atom stereocenters. The largest absolute Gasteiger partial charge is 0.322 e. The van der Waals surface area contributed by atoms with Gasteiger partial charge in [0.1, 0.15) is 22.9 Å². The molecule has 2 N–H and O–H groups in total. The first-order valence-electron chi connectivity index (χ1n) is 10.3. The second-order valence-corrected chi connectivity index (χ2v) is 7.73. The van der Waals surface area contributed by atoms with Crippen LogP contribution in [0.5, 0.6) is 0 Å². The summed E-state index contributed by atoms with van der Waals surface area (Å²) in [6.45, 7) is 2.44. The Kier molecular flexibility index (Phi) is 5.41. The summed E-state index contributed by atoms with van der Waals surface area (Å²) in [6, 6.07) is 6.20. The number of rotatable bonds is 5. The summed E-state index contributed by atoms with van der Waals surface area (Å²) in [5.41, 5.74) is 2.06. The average molecular weight is 457 g/mol. The number of halogens is 4. The van der Waals surface area contributed by atoms with E-state index in [0.29, 0.717) is 5.82 Å². The summed E-state index contributed by atoms with van der Waals surface area (Å²) in [5, 5.41) is 6.22. The number of benzene rings is 1. The van der Waals surface area contributed by atoms with Crippen LogP contribution in [0.25, 0.3) is 22.3 Å². The lowest BCUT2D eigenvalue weighted by Gasteiger charge is -2.17. The predicted molar refractivity (Wildman–Crippen MR) is 114 cm³/mol. The second-order valence-electron chi connectivity index (χ2n) is 7.73. The van der Waals surface area contributed by atoms with E-state index in [0.717, 1.165) is 43.0 Å². The maximum Gasteiger partial charge on any atom is 0.256 e. The van der Waals surface area contributed by atoms with Crippen molar-refractivity contribution in [2.75, 3.05) is 11.9 Å². The Labute approximate surface area is 185 Å². The van der Waals surface area contributed by atoms with Crippen molar-refractivity contribution in [2.45, 2.75) is 32.9 Å². The monoisotopic (exact) mass is 457 g/mol. The molecule has 0 saturated heterocycles. The number of aryl methyl sites for hydroxylation is 1. The van der Waals surface area contributed by atoms with Gasteiger partial charge in [-0.3, -0.25) is 0 Å². The van der Waals surface area contributed by atoms with E-state index in [4.69, 9.17) is 0 Å². The van der Waals surface area contributed by atoms with Gasteiger partial charge in [-0.1, -0.05) is 6.07 Å². The van der Waals surface area contributed by atoms with Crippen LogP contribution < -0.4 is 10.6 Å². The molecule has 11 heteroatoms. The number of pyridine rings is 1. The van der Waals surface area contributed by atoms with Crippen LogP contribution >= 0.6 is 0 Å². The molecule has 1 aliphatic rings. The normalized spacial score (nSPS) is 13.5. The van der Waals surface area contributed by atoms with Gasteiger partial charge in [-0.2, -0.15) is 0 Å². The summed E-state index contributed by atoms with van der Waals surface area (Å²) >= 11 is 0. The Morgan fingerprint density at radius 3 is 2.79 bits per heavy atom. The van der Waals surface area contributed by atoms with Crippen LogP contribution in [0.15, 0.2) is 30.5 Å². The van der Waals surface area contributed by atoms with Crippen LogP contribution in [0, 0.1) is 18.6 Å². The van der Waals surface area contributed by atoms with Crippen LogP contribution in [0.1, 0.15) is 17.1 Å². The zero-order chi connectivity index (χ0) is 23.1. The second kappa shape index (κ2) is 8.39. The van der Waals surface area contributed by atoms with Crippen LogP contribution in [0.2, 0.25) is 0 Å². The van der Waals surface area contributed by atoms with E-state index < -0.39 is 24.6 Å². The van der Waals surface area contributed by atoms with Crippen LogP contribution in [-0.4, -0.2) is 37.5 Å². The molecule has 170 valence electrons. The number of alkyl halides is 2. The molecule has 0 unspecified atom stereocenters. The van der Waals surface area contributed by atoms with E-state index in [2.05, 4.69) is 30.6 Å². The zero-order valence-corrected chi connectivity index (χ0v) is 17.5. The lowest BCUT2D eigenvalue weighted by atomic mass is 10.1. The highest BCUT2D eigenvalue weighted by Crippen LogP contribution is 2.29. The summed E-state index contributed by atoms with van der Waals surface area (Å²) in [6.07, 6.45) is -0.901. The first-order valence-corrected chi connectivity index (χ1v) is 10.3. The number of imidazole rings is 1. The smallest absolute Gasteiger partial charge is 0.256 e. The molecule has 0 aliphatic carbocycles. The molecule has 0 spiro atoms. The van der Waals surface area contributed by atoms with Gasteiger partial charge < -0.3 is 15.2 Å². The van der Waals surface area contributed by atoms with Crippen LogP contribution in [0.3, 0.4) is 0 Å². The van der Waals surface area contributed by atoms with Gasteiger partial charge in [-0.05, 0) is 30.7 Å². The quantitative estimate of drug-likeness (QED) is 0.439. The fourth-order valence-electron chi connectivity index (χ4n) is 3.95. The van der Waals surface area contributed by atoms with E-state index in [1.165, 1.54) is 17.6 Å². The van der Waals surface area contributed by atoms with Gasteiger partial charge in [0.25, 0.3) is 6.43 Å². The molecule has 4 heterocycles. The number of hydrogen-bond acceptors (Lipinski definition) is 6. The highest BCUT2D eigenvalue weighted by atomic mass is 19.3. The number of nitrogens with one attached hydrogen (secondary N) is 2. The Morgan fingerprint density at radius 2 is 1.97 bits per heavy atom. The average Bonchev–Trinajstić information content (AvgIpc) is 3.10. The van der Waals surface area contributed by atoms with Crippen molar-refractivity contribution < 1.29 is 17.6 Å². The van der Waals surface area contributed by atoms with Crippen molar-refractivity contribution in [1.82, 2.24) is 29.8 Å². The molecule has 7 nitrogen and oxygen atoms in total. The number of aromatic nitrogens is 5. The third kappa shape index (κ3) is 4.11. The fourth-order valence-corrected chi connectivity index (χ4v) is 3.95. The van der Waals surface area contributed by atoms with Gasteiger partial charge in [-0.15, -0.1) is 0 Å². The number of fused-ring (bicyclic) bond motifs is 2. The molecule has 0 saturated carbocycles. The van der Waals surface area contributed by atoms with Gasteiger partial charge in [0, 0.05) is 30.8 Å². The third-order valence-corrected chi connectivity index (χ3v) is 5.50. The molecule has 0 radical (unpaired) electrons. The molecule has 0 amide bonds. The standard InChI is InChI=1S/C22H19F4N7/c1-11-29-21-14(23)6-13(7-17(21)33(11)10-18(25)26)20-15(24)9-28-22(32-20)31-19-3-2-12-8-27-5-4-16(12)30-19/h2-3,6-7,9,18,27H,4-5,8,10H2,1H3,(H,28,30,31,32). The lowest BCUT2D eigenvalue weighted by Crippen LogP contribution is -2.24. The Morgan fingerprint density at radius 1 is 1.12 bits per heavy atom. The molecule has 4 aromatic rings. The minimum atomic E-state index is -2.65. The SMILES string of the molecule is Cc1nc2c(F)cc(-c3nc(Nc4ccc5c(n4)CCNC5)ncc3F)cc2n1CC(F)F. The Bertz CT molecular complexity index is 1350. The van der Waals surface area contributed by atoms with Crippen molar-refractivity contribution in [3.05, 3.63) is 59.2 Å². The van der Waals surface area contributed by atoms with E-state index >= 15 is 0 Å². The first-order chi connectivity index (χ1) is 15.9. The Balaban J connectivity index is 1.53. The van der Waals surface area contributed by atoms with Crippen molar-refractivity contribution in [3.8, 4) is 11.3 Å². The van der Waals surface area contributed by atoms with Crippen molar-refractivity contribution in [3.63, 3.8) is 0 Å². The number of hydrogen-bond donors (Lipinski definition) is 2. The maximum atomic E-state index is 14.7. The minimum absolute atomic E-state index is 0.0579. The summed E-state index contributed by atoms with van der Waals surface area (Å²) < 4.78 is 56.6. The molecule has 33 heavy (non-hydrogen) atoms. The highest BCUT2D eigenvalue weighted by molar-refractivity contribution is 5.83. The minimum Gasteiger partial charge on any atom is -0.322 e. The molecule has 1 aromatic carbocycles. The van der Waals surface area contributed by atoms with E-state index in [9.17, 15) is 17.6 Å². The molecule has 3 aromatic heterocycles. The van der Waals surface area contributed by atoms with E-state index in [1.807, 2.05) is 6.07 Å². The van der Waals surface area contributed by atoms with Crippen LogP contribution in [-0.2, 0) is 19.5 Å². The summed E-state index contributed by atoms with van der Waals surface area (Å²) in [4.78, 5) is 16.8. The summed E-state index contributed by atoms with van der Waals surface area (Å²) in [5.74, 6) is -0.719. The molecular weight excluding hydrogens is 438 g/mol. The molecule has 0 fully saturated rings. The highest BCUT2D eigenvalue weighted by Gasteiger charge is 2.19. The molecular formula is C22H19F4N7. The van der Waals surface area contributed by atoms with Gasteiger partial charge in [-0.25, -0.2) is 37.5 Å². The maximum absolute atomic E-state index is 14.7. The molecule has 0 bridgehead atoms. The summed E-state index contributed by atoms with van der Waals surface area (Å²) in [7, 11) is 0. The zero-order valence-electron chi connectivity index (χ0n) is 17.5. The van der Waals surface area contributed by atoms with Gasteiger partial charge in [0.15, 0.2) is 11.6 Å².